The van der Waals surface area contributed by atoms with E-state index in [0.717, 1.165) is 54.9 Å². The molecule has 0 bridgehead atoms. The summed E-state index contributed by atoms with van der Waals surface area (Å²) in [6.07, 6.45) is 0. The third kappa shape index (κ3) is 3.30. The van der Waals surface area contributed by atoms with E-state index in [0.29, 0.717) is 0 Å². The molecule has 25 heavy (non-hydrogen) atoms. The van der Waals surface area contributed by atoms with Gasteiger partial charge in [-0.3, -0.25) is 9.69 Å². The molecule has 2 heterocycles. The Bertz CT molecular complexity index is 925. The minimum atomic E-state index is 0.0123. The van der Waals surface area contributed by atoms with Gasteiger partial charge in [-0.15, -0.1) is 0 Å². The summed E-state index contributed by atoms with van der Waals surface area (Å²) in [6.45, 7) is 6.71. The lowest BCUT2D eigenvalue weighted by atomic mass is 10.1. The van der Waals surface area contributed by atoms with E-state index in [1.54, 1.807) is 0 Å². The first kappa shape index (κ1) is 15.9. The number of benzene rings is 2. The molecule has 3 aromatic rings. The van der Waals surface area contributed by atoms with Gasteiger partial charge in [0.25, 0.3) is 5.56 Å². The number of rotatable bonds is 3. The molecule has 2 aromatic carbocycles. The molecule has 4 nitrogen and oxygen atoms in total. The molecule has 1 aliphatic heterocycles. The van der Waals surface area contributed by atoms with Crippen molar-refractivity contribution in [1.29, 1.82) is 0 Å². The highest BCUT2D eigenvalue weighted by Crippen LogP contribution is 2.20. The normalized spacial score (nSPS) is 15.6. The number of aromatic nitrogens is 1. The minimum absolute atomic E-state index is 0.0123. The number of aryl methyl sites for hydroxylation is 1. The number of nitrogens with one attached hydrogen (secondary N) is 1. The fourth-order valence-corrected chi connectivity index (χ4v) is 3.60. The lowest BCUT2D eigenvalue weighted by molar-refractivity contribution is 0.249. The molecule has 1 fully saturated rings. The molecule has 0 aliphatic carbocycles. The maximum absolute atomic E-state index is 12.5. The Labute approximate surface area is 147 Å². The van der Waals surface area contributed by atoms with Gasteiger partial charge in [-0.05, 0) is 24.1 Å². The third-order valence-electron chi connectivity index (χ3n) is 5.03. The van der Waals surface area contributed by atoms with Crippen LogP contribution in [0, 0.1) is 6.92 Å². The molecule has 0 amide bonds. The van der Waals surface area contributed by atoms with Crippen molar-refractivity contribution >= 4 is 16.6 Å². The molecule has 4 heteroatoms. The SMILES string of the molecule is Cc1cccc2cc(N3CCN(Cc4ccccc4)CC3)c(=O)[nH]c12. The predicted molar refractivity (Wildman–Crippen MR) is 103 cm³/mol. The van der Waals surface area contributed by atoms with Gasteiger partial charge in [0.1, 0.15) is 5.69 Å². The number of fused-ring (bicyclic) bond motifs is 1. The van der Waals surface area contributed by atoms with Gasteiger partial charge in [0.15, 0.2) is 0 Å². The second-order valence-corrected chi connectivity index (χ2v) is 6.77. The Balaban J connectivity index is 1.50. The number of nitrogens with zero attached hydrogens (tertiary/aromatic N) is 2. The van der Waals surface area contributed by atoms with E-state index >= 15 is 0 Å². The van der Waals surface area contributed by atoms with Crippen molar-refractivity contribution in [2.75, 3.05) is 31.1 Å². The summed E-state index contributed by atoms with van der Waals surface area (Å²) in [5.74, 6) is 0. The summed E-state index contributed by atoms with van der Waals surface area (Å²) >= 11 is 0. The van der Waals surface area contributed by atoms with E-state index in [-0.39, 0.29) is 5.56 Å². The fourth-order valence-electron chi connectivity index (χ4n) is 3.60. The van der Waals surface area contributed by atoms with Crippen LogP contribution in [-0.4, -0.2) is 36.1 Å². The number of hydrogen-bond acceptors (Lipinski definition) is 3. The third-order valence-corrected chi connectivity index (χ3v) is 5.03. The van der Waals surface area contributed by atoms with Crippen molar-refractivity contribution in [2.45, 2.75) is 13.5 Å². The number of H-pyrrole nitrogens is 1. The highest BCUT2D eigenvalue weighted by Gasteiger charge is 2.19. The smallest absolute Gasteiger partial charge is 0.271 e. The molecule has 0 spiro atoms. The lowest BCUT2D eigenvalue weighted by Crippen LogP contribution is -2.47. The minimum Gasteiger partial charge on any atom is -0.365 e. The Morgan fingerprint density at radius 3 is 2.48 bits per heavy atom. The van der Waals surface area contributed by atoms with Crippen LogP contribution in [-0.2, 0) is 6.54 Å². The summed E-state index contributed by atoms with van der Waals surface area (Å²) in [5, 5.41) is 1.10. The molecule has 1 aliphatic rings. The molecule has 128 valence electrons. The molecule has 1 saturated heterocycles. The Morgan fingerprint density at radius 1 is 0.960 bits per heavy atom. The van der Waals surface area contributed by atoms with Gasteiger partial charge in [-0.2, -0.15) is 0 Å². The Hall–Kier alpha value is -2.59. The molecular weight excluding hydrogens is 310 g/mol. The first-order chi connectivity index (χ1) is 12.2. The van der Waals surface area contributed by atoms with Gasteiger partial charge < -0.3 is 9.88 Å². The number of piperazine rings is 1. The van der Waals surface area contributed by atoms with Crippen molar-refractivity contribution in [2.24, 2.45) is 0 Å². The molecular formula is C21H23N3O. The zero-order valence-electron chi connectivity index (χ0n) is 14.5. The quantitative estimate of drug-likeness (QED) is 0.800. The standard InChI is InChI=1S/C21H23N3O/c1-16-6-5-9-18-14-19(21(25)22-20(16)18)24-12-10-23(11-13-24)15-17-7-3-2-4-8-17/h2-9,14H,10-13,15H2,1H3,(H,22,25). The van der Waals surface area contributed by atoms with E-state index in [1.807, 2.05) is 25.1 Å². The zero-order valence-corrected chi connectivity index (χ0v) is 14.5. The van der Waals surface area contributed by atoms with E-state index in [9.17, 15) is 4.79 Å². The molecule has 1 N–H and O–H groups in total. The van der Waals surface area contributed by atoms with Crippen molar-refractivity contribution in [3.8, 4) is 0 Å². The topological polar surface area (TPSA) is 39.3 Å². The molecule has 1 aromatic heterocycles. The first-order valence-electron chi connectivity index (χ1n) is 8.84. The fraction of sp³-hybridized carbons (Fsp3) is 0.286. The second-order valence-electron chi connectivity index (χ2n) is 6.77. The predicted octanol–water partition coefficient (Wildman–Crippen LogP) is 3.16. The van der Waals surface area contributed by atoms with Crippen molar-refractivity contribution < 1.29 is 0 Å². The first-order valence-corrected chi connectivity index (χ1v) is 8.84. The van der Waals surface area contributed by atoms with Gasteiger partial charge in [-0.25, -0.2) is 0 Å². The van der Waals surface area contributed by atoms with E-state index in [1.165, 1.54) is 5.56 Å². The summed E-state index contributed by atoms with van der Waals surface area (Å²) in [5.41, 5.74) is 4.19. The van der Waals surface area contributed by atoms with Crippen LogP contribution in [0.1, 0.15) is 11.1 Å². The number of para-hydroxylation sites is 1. The van der Waals surface area contributed by atoms with Gasteiger partial charge in [0.2, 0.25) is 0 Å². The average Bonchev–Trinajstić information content (AvgIpc) is 2.64. The maximum atomic E-state index is 12.5. The van der Waals surface area contributed by atoms with Gasteiger partial charge >= 0.3 is 0 Å². The monoisotopic (exact) mass is 333 g/mol. The van der Waals surface area contributed by atoms with Crippen LogP contribution in [0.25, 0.3) is 10.9 Å². The highest BCUT2D eigenvalue weighted by atomic mass is 16.1. The molecule has 0 radical (unpaired) electrons. The largest absolute Gasteiger partial charge is 0.365 e. The number of aromatic amines is 1. The van der Waals surface area contributed by atoms with Crippen LogP contribution < -0.4 is 10.5 Å². The highest BCUT2D eigenvalue weighted by molar-refractivity contribution is 5.84. The lowest BCUT2D eigenvalue weighted by Gasteiger charge is -2.35. The number of pyridine rings is 1. The van der Waals surface area contributed by atoms with E-state index in [4.69, 9.17) is 0 Å². The number of anilines is 1. The molecule has 0 saturated carbocycles. The van der Waals surface area contributed by atoms with Gasteiger partial charge in [-0.1, -0.05) is 48.5 Å². The van der Waals surface area contributed by atoms with Crippen molar-refractivity contribution in [1.82, 2.24) is 9.88 Å². The molecule has 4 rings (SSSR count). The van der Waals surface area contributed by atoms with Crippen LogP contribution in [0.2, 0.25) is 0 Å². The van der Waals surface area contributed by atoms with Crippen LogP contribution in [0.5, 0.6) is 0 Å². The Morgan fingerprint density at radius 2 is 1.72 bits per heavy atom. The van der Waals surface area contributed by atoms with Crippen LogP contribution in [0.4, 0.5) is 5.69 Å². The van der Waals surface area contributed by atoms with Crippen molar-refractivity contribution in [3.05, 3.63) is 76.1 Å². The summed E-state index contributed by atoms with van der Waals surface area (Å²) in [6, 6.07) is 18.7. The maximum Gasteiger partial charge on any atom is 0.271 e. The number of hydrogen-bond donors (Lipinski definition) is 1. The van der Waals surface area contributed by atoms with Gasteiger partial charge in [0, 0.05) is 38.1 Å². The van der Waals surface area contributed by atoms with E-state index < -0.39 is 0 Å². The average molecular weight is 333 g/mol. The summed E-state index contributed by atoms with van der Waals surface area (Å²) < 4.78 is 0. The molecule has 0 atom stereocenters. The van der Waals surface area contributed by atoms with Crippen LogP contribution in [0.15, 0.2) is 59.4 Å². The van der Waals surface area contributed by atoms with Crippen LogP contribution in [0.3, 0.4) is 0 Å². The second kappa shape index (κ2) is 6.73. The van der Waals surface area contributed by atoms with E-state index in [2.05, 4.69) is 51.2 Å². The Kier molecular flexibility index (Phi) is 4.28. The zero-order chi connectivity index (χ0) is 17.2. The van der Waals surface area contributed by atoms with Crippen LogP contribution >= 0.6 is 0 Å². The summed E-state index contributed by atoms with van der Waals surface area (Å²) in [4.78, 5) is 20.3. The summed E-state index contributed by atoms with van der Waals surface area (Å²) in [7, 11) is 0. The van der Waals surface area contributed by atoms with Gasteiger partial charge in [0.05, 0.1) is 5.52 Å². The van der Waals surface area contributed by atoms with Crippen molar-refractivity contribution in [3.63, 3.8) is 0 Å². The molecule has 0 unspecified atom stereocenters.